The van der Waals surface area contributed by atoms with Crippen molar-refractivity contribution in [3.8, 4) is 39.9 Å². The molecule has 0 radical (unpaired) electrons. The highest BCUT2D eigenvalue weighted by Crippen LogP contribution is 2.61. The lowest BCUT2D eigenvalue weighted by molar-refractivity contribution is -0.132. The summed E-state index contributed by atoms with van der Waals surface area (Å²) >= 11 is 0. The maximum atomic E-state index is 11.7. The van der Waals surface area contributed by atoms with Gasteiger partial charge in [0.1, 0.15) is 29.0 Å². The molecule has 13 nitrogen and oxygen atoms in total. The Morgan fingerprint density at radius 3 is 2.51 bits per heavy atom. The fraction of sp³-hybridized carbons (Fsp3) is 0.509. The van der Waals surface area contributed by atoms with E-state index in [-0.39, 0.29) is 29.9 Å². The number of rotatable bonds is 18. The van der Waals surface area contributed by atoms with Crippen molar-refractivity contribution in [1.29, 1.82) is 0 Å². The first-order valence-electron chi connectivity index (χ1n) is 25.7. The molecule has 0 saturated heterocycles. The van der Waals surface area contributed by atoms with Crippen LogP contribution in [0.3, 0.4) is 0 Å². The highest BCUT2D eigenvalue weighted by Gasteiger charge is 2.51. The molecule has 0 spiro atoms. The Morgan fingerprint density at radius 2 is 1.73 bits per heavy atom. The third kappa shape index (κ3) is 9.30. The third-order valence-corrected chi connectivity index (χ3v) is 15.8. The number of phenols is 2. The topological polar surface area (TPSA) is 182 Å². The monoisotopic (exact) mass is 956 g/mol. The van der Waals surface area contributed by atoms with Crippen molar-refractivity contribution in [2.24, 2.45) is 5.92 Å². The fourth-order valence-corrected chi connectivity index (χ4v) is 12.8. The van der Waals surface area contributed by atoms with Gasteiger partial charge in [0.2, 0.25) is 0 Å². The molecule has 6 unspecified atom stereocenters. The summed E-state index contributed by atoms with van der Waals surface area (Å²) in [6.45, 7) is 8.18. The number of H-pyrrole nitrogens is 1. The Kier molecular flexibility index (Phi) is 14.0. The van der Waals surface area contributed by atoms with E-state index in [2.05, 4.69) is 76.5 Å². The number of methoxy groups -OCH3 is 1. The first-order chi connectivity index (χ1) is 33.9. The van der Waals surface area contributed by atoms with Crippen LogP contribution in [0.2, 0.25) is 0 Å². The van der Waals surface area contributed by atoms with Crippen LogP contribution >= 0.6 is 0 Å². The van der Waals surface area contributed by atoms with Crippen molar-refractivity contribution in [2.75, 3.05) is 53.8 Å². The molecule has 2 aliphatic heterocycles. The number of likely N-dealkylation sites (N-methyl/N-ethyl adjacent to an activating group) is 1. The van der Waals surface area contributed by atoms with E-state index in [1.807, 2.05) is 38.4 Å². The van der Waals surface area contributed by atoms with Gasteiger partial charge in [0.15, 0.2) is 17.6 Å². The molecule has 374 valence electrons. The second-order valence-corrected chi connectivity index (χ2v) is 21.4. The van der Waals surface area contributed by atoms with E-state index in [9.17, 15) is 20.4 Å². The molecular weight excluding hydrogens is 883 g/mol. The van der Waals surface area contributed by atoms with Crippen LogP contribution in [0.4, 0.5) is 0 Å². The van der Waals surface area contributed by atoms with Gasteiger partial charge in [0.05, 0.1) is 26.0 Å². The van der Waals surface area contributed by atoms with Crippen molar-refractivity contribution < 1.29 is 39.4 Å². The normalized spacial score (nSPS) is 23.6. The van der Waals surface area contributed by atoms with Crippen LogP contribution in [0.5, 0.6) is 28.7 Å². The van der Waals surface area contributed by atoms with Crippen LogP contribution in [0.25, 0.3) is 28.1 Å². The highest BCUT2D eigenvalue weighted by atomic mass is 16.6. The first-order valence-corrected chi connectivity index (χ1v) is 25.7. The number of fused-ring (bicyclic) bond motifs is 8. The minimum atomic E-state index is -1.01. The zero-order valence-corrected chi connectivity index (χ0v) is 41.6. The number of aromatic hydroxyl groups is 2. The molecule has 9 N–H and O–H groups in total. The van der Waals surface area contributed by atoms with Gasteiger partial charge in [0.25, 0.3) is 0 Å². The predicted molar refractivity (Wildman–Crippen MR) is 274 cm³/mol. The number of ether oxygens (including phenoxy) is 4. The van der Waals surface area contributed by atoms with Crippen molar-refractivity contribution >= 4 is 17.0 Å². The van der Waals surface area contributed by atoms with E-state index < -0.39 is 23.4 Å². The Hall–Kier alpha value is -5.12. The summed E-state index contributed by atoms with van der Waals surface area (Å²) < 4.78 is 27.7. The number of aliphatic hydroxyl groups is 2. The van der Waals surface area contributed by atoms with Crippen molar-refractivity contribution in [3.05, 3.63) is 105 Å². The SMILES string of the molecule is CNCC1=Cc2c(O)ccc3c2C(Cc2c4c(c5c(c2-3)OC(CO)CC5)OC(c2ccc(O)c(OC)c2)C(CNCNCC(C)(O)CC(C)C)(OCNC2CCCCC2)C4)C1c1ccc2[nH]ccc2c1. The molecule has 5 aliphatic rings. The number of phenolic OH excluding ortho intramolecular Hbond substituents is 2. The number of hydrogen-bond donors (Lipinski definition) is 9. The molecule has 6 atom stereocenters. The maximum Gasteiger partial charge on any atom is 0.160 e. The summed E-state index contributed by atoms with van der Waals surface area (Å²) in [5.41, 5.74) is 9.52. The van der Waals surface area contributed by atoms with Gasteiger partial charge in [-0.2, -0.15) is 0 Å². The lowest BCUT2D eigenvalue weighted by atomic mass is 9.62. The van der Waals surface area contributed by atoms with Gasteiger partial charge in [0, 0.05) is 78.7 Å². The van der Waals surface area contributed by atoms with E-state index in [1.54, 1.807) is 13.2 Å². The number of aliphatic hydroxyl groups excluding tert-OH is 1. The van der Waals surface area contributed by atoms with E-state index in [1.165, 1.54) is 30.4 Å². The van der Waals surface area contributed by atoms with E-state index >= 15 is 0 Å². The molecule has 0 bridgehead atoms. The standard InChI is InChI=1S/C57H73N5O8/c1-33(2)25-56(3,66)29-59-31-60-30-57(68-32-62-38-9-7-6-8-10-38)26-45-42-24-44-50(35-11-16-46-34(21-35)19-20-61-46)37(27-58-4)22-43-47(64)18-15-40(51(43)44)52(42)54-41(14-13-39(28-63)69-54)53(45)70-55(57)36-12-17-48(65)49(23-36)67-5/h11-12,15-23,33,38-39,44,50,55,58-66H,6-10,13-14,24-32H2,1-5H3. The van der Waals surface area contributed by atoms with Crippen LogP contribution < -0.4 is 35.5 Å². The minimum absolute atomic E-state index is 0.0196. The van der Waals surface area contributed by atoms with Gasteiger partial charge in [-0.05, 0) is 146 Å². The van der Waals surface area contributed by atoms with E-state index in [0.29, 0.717) is 82.8 Å². The Morgan fingerprint density at radius 1 is 0.914 bits per heavy atom. The quantitative estimate of drug-likeness (QED) is 0.0304. The number of aromatic amines is 1. The molecule has 70 heavy (non-hydrogen) atoms. The second-order valence-electron chi connectivity index (χ2n) is 21.4. The zero-order valence-electron chi connectivity index (χ0n) is 41.6. The number of benzene rings is 4. The highest BCUT2D eigenvalue weighted by molar-refractivity contribution is 5.90. The number of nitrogens with one attached hydrogen (secondary N) is 5. The molecule has 4 aromatic carbocycles. The average Bonchev–Trinajstić information content (AvgIpc) is 3.83. The average molecular weight is 956 g/mol. The fourth-order valence-electron chi connectivity index (χ4n) is 12.8. The summed E-state index contributed by atoms with van der Waals surface area (Å²) in [5.74, 6) is 2.40. The smallest absolute Gasteiger partial charge is 0.160 e. The Balaban J connectivity index is 1.14. The number of aromatic nitrogens is 1. The lowest BCUT2D eigenvalue weighted by Gasteiger charge is -2.48. The summed E-state index contributed by atoms with van der Waals surface area (Å²) in [4.78, 5) is 3.38. The molecule has 1 fully saturated rings. The molecule has 5 aromatic rings. The van der Waals surface area contributed by atoms with Gasteiger partial charge in [-0.15, -0.1) is 0 Å². The number of hydrogen-bond acceptors (Lipinski definition) is 12. The molecule has 10 rings (SSSR count). The molecule has 1 saturated carbocycles. The largest absolute Gasteiger partial charge is 0.507 e. The van der Waals surface area contributed by atoms with Crippen LogP contribution in [-0.4, -0.2) is 103 Å². The van der Waals surface area contributed by atoms with Crippen LogP contribution in [-0.2, 0) is 24.0 Å². The lowest BCUT2D eigenvalue weighted by Crippen LogP contribution is -2.56. The second kappa shape index (κ2) is 20.2. The van der Waals surface area contributed by atoms with Crippen LogP contribution in [0, 0.1) is 5.92 Å². The first kappa shape index (κ1) is 48.5. The van der Waals surface area contributed by atoms with E-state index in [0.717, 1.165) is 79.8 Å². The van der Waals surface area contributed by atoms with Gasteiger partial charge in [-0.1, -0.05) is 51.3 Å². The van der Waals surface area contributed by atoms with Gasteiger partial charge < -0.3 is 60.3 Å². The van der Waals surface area contributed by atoms with E-state index in [4.69, 9.17) is 18.9 Å². The molecule has 1 aromatic heterocycles. The molecule has 0 amide bonds. The predicted octanol–water partition coefficient (Wildman–Crippen LogP) is 8.23. The Labute approximate surface area is 412 Å². The zero-order chi connectivity index (χ0) is 48.7. The third-order valence-electron chi connectivity index (χ3n) is 15.8. The Bertz CT molecular complexity index is 2720. The summed E-state index contributed by atoms with van der Waals surface area (Å²) in [6.07, 6.45) is 12.0. The summed E-state index contributed by atoms with van der Waals surface area (Å²) in [6, 6.07) is 18.5. The molecule has 13 heteroatoms. The van der Waals surface area contributed by atoms with Gasteiger partial charge >= 0.3 is 0 Å². The molecular formula is C57H73N5O8. The maximum absolute atomic E-state index is 11.7. The summed E-state index contributed by atoms with van der Waals surface area (Å²) in [7, 11) is 3.53. The summed E-state index contributed by atoms with van der Waals surface area (Å²) in [5, 5.41) is 60.2. The molecule has 3 aliphatic carbocycles. The van der Waals surface area contributed by atoms with Crippen molar-refractivity contribution in [3.63, 3.8) is 0 Å². The van der Waals surface area contributed by atoms with Crippen molar-refractivity contribution in [2.45, 2.75) is 126 Å². The minimum Gasteiger partial charge on any atom is -0.507 e. The van der Waals surface area contributed by atoms with Gasteiger partial charge in [-0.25, -0.2) is 0 Å². The van der Waals surface area contributed by atoms with Crippen molar-refractivity contribution in [1.82, 2.24) is 26.3 Å². The van der Waals surface area contributed by atoms with Crippen LogP contribution in [0.1, 0.15) is 123 Å². The van der Waals surface area contributed by atoms with Gasteiger partial charge in [-0.3, -0.25) is 5.32 Å². The van der Waals surface area contributed by atoms with Crippen LogP contribution in [0.15, 0.2) is 66.4 Å². The molecule has 3 heterocycles.